The molecular formula is C12H16BrNO4. The van der Waals surface area contributed by atoms with Crippen molar-refractivity contribution in [2.24, 2.45) is 0 Å². The monoisotopic (exact) mass is 317 g/mol. The van der Waals surface area contributed by atoms with Gasteiger partial charge in [0.15, 0.2) is 0 Å². The number of aldehydes is 1. The molecule has 6 heteroatoms. The van der Waals surface area contributed by atoms with Crippen molar-refractivity contribution in [1.82, 2.24) is 4.90 Å². The van der Waals surface area contributed by atoms with Gasteiger partial charge in [-0.25, -0.2) is 4.79 Å². The summed E-state index contributed by atoms with van der Waals surface area (Å²) in [6.45, 7) is 5.29. The number of hydrogen-bond donors (Lipinski definition) is 0. The number of ether oxygens (including phenoxy) is 1. The van der Waals surface area contributed by atoms with Gasteiger partial charge >= 0.3 is 6.09 Å². The van der Waals surface area contributed by atoms with Gasteiger partial charge in [-0.15, -0.1) is 0 Å². The standard InChI is InChI=1S/C12H16BrNO4/c1-12(2,3)18-11(16)14(4)9(6-15)10-5-8(13)7-17-10/h5-7,9H,1-4H3. The lowest BCUT2D eigenvalue weighted by molar-refractivity contribution is -0.112. The number of likely N-dealkylation sites (N-methyl/N-ethyl adjacent to an activating group) is 1. The summed E-state index contributed by atoms with van der Waals surface area (Å²) in [7, 11) is 1.49. The fraction of sp³-hybridized carbons (Fsp3) is 0.500. The summed E-state index contributed by atoms with van der Waals surface area (Å²) in [5, 5.41) is 0. The molecule has 100 valence electrons. The zero-order chi connectivity index (χ0) is 13.9. The van der Waals surface area contributed by atoms with Crippen LogP contribution in [0.5, 0.6) is 0 Å². The molecule has 0 aliphatic heterocycles. The van der Waals surface area contributed by atoms with Crippen LogP contribution in [0.2, 0.25) is 0 Å². The highest BCUT2D eigenvalue weighted by atomic mass is 79.9. The van der Waals surface area contributed by atoms with Crippen LogP contribution in [-0.2, 0) is 9.53 Å². The van der Waals surface area contributed by atoms with Gasteiger partial charge < -0.3 is 13.9 Å². The lowest BCUT2D eigenvalue weighted by Gasteiger charge is -2.27. The Balaban J connectivity index is 2.83. The van der Waals surface area contributed by atoms with E-state index in [1.54, 1.807) is 26.8 Å². The summed E-state index contributed by atoms with van der Waals surface area (Å²) >= 11 is 3.22. The van der Waals surface area contributed by atoms with Crippen LogP contribution in [0.15, 0.2) is 21.2 Å². The Hall–Kier alpha value is -1.30. The first-order valence-corrected chi connectivity index (χ1v) is 6.19. The maximum absolute atomic E-state index is 11.8. The van der Waals surface area contributed by atoms with E-state index in [4.69, 9.17) is 9.15 Å². The first kappa shape index (κ1) is 14.8. The minimum Gasteiger partial charge on any atom is -0.465 e. The number of furan rings is 1. The summed E-state index contributed by atoms with van der Waals surface area (Å²) < 4.78 is 11.1. The molecule has 0 radical (unpaired) electrons. The molecule has 0 bridgehead atoms. The highest BCUT2D eigenvalue weighted by Gasteiger charge is 2.28. The van der Waals surface area contributed by atoms with Gasteiger partial charge in [0.2, 0.25) is 0 Å². The zero-order valence-corrected chi connectivity index (χ0v) is 12.4. The van der Waals surface area contributed by atoms with Gasteiger partial charge in [-0.1, -0.05) is 0 Å². The highest BCUT2D eigenvalue weighted by molar-refractivity contribution is 9.10. The quantitative estimate of drug-likeness (QED) is 0.803. The first-order chi connectivity index (χ1) is 8.24. The SMILES string of the molecule is CN(C(=O)OC(C)(C)C)C(C=O)c1cc(Br)co1. The fourth-order valence-electron chi connectivity index (χ4n) is 1.28. The number of nitrogens with zero attached hydrogens (tertiary/aromatic N) is 1. The number of hydrogen-bond acceptors (Lipinski definition) is 4. The van der Waals surface area contributed by atoms with Crippen LogP contribution < -0.4 is 0 Å². The minimum absolute atomic E-state index is 0.380. The fourth-order valence-corrected chi connectivity index (χ4v) is 1.60. The van der Waals surface area contributed by atoms with Crippen molar-refractivity contribution < 1.29 is 18.7 Å². The van der Waals surface area contributed by atoms with Gasteiger partial charge in [0.05, 0.1) is 4.47 Å². The van der Waals surface area contributed by atoms with Crippen LogP contribution in [0, 0.1) is 0 Å². The maximum Gasteiger partial charge on any atom is 0.411 e. The van der Waals surface area contributed by atoms with E-state index in [1.165, 1.54) is 18.2 Å². The Morgan fingerprint density at radius 1 is 1.56 bits per heavy atom. The largest absolute Gasteiger partial charge is 0.465 e. The Morgan fingerprint density at radius 2 is 2.17 bits per heavy atom. The van der Waals surface area contributed by atoms with Gasteiger partial charge in [0, 0.05) is 7.05 Å². The van der Waals surface area contributed by atoms with Gasteiger partial charge in [0.1, 0.15) is 30.0 Å². The second-order valence-electron chi connectivity index (χ2n) is 4.84. The second kappa shape index (κ2) is 5.56. The van der Waals surface area contributed by atoms with E-state index >= 15 is 0 Å². The summed E-state index contributed by atoms with van der Waals surface area (Å²) in [5.74, 6) is 0.380. The summed E-state index contributed by atoms with van der Waals surface area (Å²) in [4.78, 5) is 24.1. The molecule has 18 heavy (non-hydrogen) atoms. The van der Waals surface area contributed by atoms with Crippen LogP contribution in [0.3, 0.4) is 0 Å². The van der Waals surface area contributed by atoms with Crippen molar-refractivity contribution in [3.8, 4) is 0 Å². The molecule has 1 aromatic rings. The molecule has 0 aliphatic rings. The smallest absolute Gasteiger partial charge is 0.411 e. The summed E-state index contributed by atoms with van der Waals surface area (Å²) in [6.07, 6.45) is 1.51. The van der Waals surface area contributed by atoms with Crippen molar-refractivity contribution in [2.75, 3.05) is 7.05 Å². The molecule has 0 saturated heterocycles. The van der Waals surface area contributed by atoms with Gasteiger partial charge in [0.25, 0.3) is 0 Å². The molecule has 5 nitrogen and oxygen atoms in total. The number of amides is 1. The predicted molar refractivity (Wildman–Crippen MR) is 69.2 cm³/mol. The molecule has 1 unspecified atom stereocenters. The van der Waals surface area contributed by atoms with Crippen molar-refractivity contribution in [3.63, 3.8) is 0 Å². The Labute approximate surface area is 114 Å². The molecule has 1 aromatic heterocycles. The summed E-state index contributed by atoms with van der Waals surface area (Å²) in [5.41, 5.74) is -0.609. The van der Waals surface area contributed by atoms with Gasteiger partial charge in [-0.2, -0.15) is 0 Å². The average molecular weight is 318 g/mol. The second-order valence-corrected chi connectivity index (χ2v) is 5.76. The normalized spacial score (nSPS) is 12.9. The van der Waals surface area contributed by atoms with Crippen LogP contribution in [0.25, 0.3) is 0 Å². The third-order valence-corrected chi connectivity index (χ3v) is 2.52. The van der Waals surface area contributed by atoms with Crippen molar-refractivity contribution in [2.45, 2.75) is 32.4 Å². The van der Waals surface area contributed by atoms with E-state index in [-0.39, 0.29) is 0 Å². The van der Waals surface area contributed by atoms with E-state index in [0.29, 0.717) is 16.5 Å². The molecule has 0 saturated carbocycles. The number of carbonyl (C=O) groups excluding carboxylic acids is 2. The number of rotatable bonds is 3. The number of halogens is 1. The molecule has 0 fully saturated rings. The summed E-state index contributed by atoms with van der Waals surface area (Å²) in [6, 6.07) is 0.839. The Morgan fingerprint density at radius 3 is 2.56 bits per heavy atom. The molecule has 1 amide bonds. The van der Waals surface area contributed by atoms with E-state index < -0.39 is 17.7 Å². The molecule has 1 rings (SSSR count). The molecule has 0 aliphatic carbocycles. The lowest BCUT2D eigenvalue weighted by atomic mass is 10.2. The Kier molecular flexibility index (Phi) is 4.56. The van der Waals surface area contributed by atoms with Gasteiger partial charge in [-0.05, 0) is 42.8 Å². The lowest BCUT2D eigenvalue weighted by Crippen LogP contribution is -2.37. The van der Waals surface area contributed by atoms with Crippen molar-refractivity contribution in [1.29, 1.82) is 0 Å². The zero-order valence-electron chi connectivity index (χ0n) is 10.8. The third kappa shape index (κ3) is 3.87. The molecule has 1 atom stereocenters. The predicted octanol–water partition coefficient (Wildman–Crippen LogP) is 3.15. The molecule has 0 N–H and O–H groups in total. The molecule has 0 aromatic carbocycles. The Bertz CT molecular complexity index is 436. The van der Waals surface area contributed by atoms with Crippen LogP contribution in [0.4, 0.5) is 4.79 Å². The first-order valence-electron chi connectivity index (χ1n) is 5.39. The topological polar surface area (TPSA) is 59.8 Å². The van der Waals surface area contributed by atoms with Crippen molar-refractivity contribution >= 4 is 28.3 Å². The third-order valence-electron chi connectivity index (χ3n) is 2.11. The van der Waals surface area contributed by atoms with Crippen LogP contribution in [-0.4, -0.2) is 29.9 Å². The molecule has 0 spiro atoms. The van der Waals surface area contributed by atoms with E-state index in [2.05, 4.69) is 15.9 Å². The van der Waals surface area contributed by atoms with E-state index in [1.807, 2.05) is 0 Å². The van der Waals surface area contributed by atoms with Crippen LogP contribution >= 0.6 is 15.9 Å². The highest BCUT2D eigenvalue weighted by Crippen LogP contribution is 2.24. The average Bonchev–Trinajstić information content (AvgIpc) is 2.63. The maximum atomic E-state index is 11.8. The van der Waals surface area contributed by atoms with Crippen LogP contribution in [0.1, 0.15) is 32.6 Å². The van der Waals surface area contributed by atoms with Crippen molar-refractivity contribution in [3.05, 3.63) is 22.6 Å². The number of carbonyl (C=O) groups is 2. The minimum atomic E-state index is -0.800. The van der Waals surface area contributed by atoms with Gasteiger partial charge in [-0.3, -0.25) is 4.90 Å². The molecule has 1 heterocycles. The molecular weight excluding hydrogens is 302 g/mol. The van der Waals surface area contributed by atoms with E-state index in [0.717, 1.165) is 0 Å². The van der Waals surface area contributed by atoms with E-state index in [9.17, 15) is 9.59 Å².